The number of aromatic nitrogens is 1. The Labute approximate surface area is 161 Å². The number of halogens is 1. The molecule has 0 aliphatic carbocycles. The van der Waals surface area contributed by atoms with E-state index in [1.807, 2.05) is 48.5 Å². The number of hydrogen-bond acceptors (Lipinski definition) is 3. The summed E-state index contributed by atoms with van der Waals surface area (Å²) in [7, 11) is 0. The van der Waals surface area contributed by atoms with Crippen molar-refractivity contribution in [2.75, 3.05) is 5.32 Å². The van der Waals surface area contributed by atoms with E-state index in [0.29, 0.717) is 33.3 Å². The molecule has 1 N–H and O–H groups in total. The zero-order valence-electron chi connectivity index (χ0n) is 14.7. The van der Waals surface area contributed by atoms with E-state index in [1.165, 1.54) is 5.56 Å². The molecule has 0 atom stereocenters. The van der Waals surface area contributed by atoms with Crippen LogP contribution in [0.3, 0.4) is 0 Å². The number of hydrogen-bond donors (Lipinski definition) is 1. The van der Waals surface area contributed by atoms with E-state index in [9.17, 15) is 4.79 Å². The molecule has 1 aromatic heterocycles. The van der Waals surface area contributed by atoms with E-state index < -0.39 is 0 Å². The third kappa shape index (κ3) is 3.57. The minimum Gasteiger partial charge on any atom is -0.436 e. The second-order valence-electron chi connectivity index (χ2n) is 6.19. The molecule has 0 fully saturated rings. The summed E-state index contributed by atoms with van der Waals surface area (Å²) in [5.41, 5.74) is 4.50. The number of nitrogens with zero attached hydrogens (tertiary/aromatic N) is 1. The number of rotatable bonds is 4. The Hall–Kier alpha value is -3.11. The van der Waals surface area contributed by atoms with Crippen molar-refractivity contribution in [3.63, 3.8) is 0 Å². The molecule has 27 heavy (non-hydrogen) atoms. The van der Waals surface area contributed by atoms with E-state index in [2.05, 4.69) is 17.2 Å². The minimum atomic E-state index is -0.177. The quantitative estimate of drug-likeness (QED) is 0.478. The number of benzene rings is 3. The molecular weight excluding hydrogens is 360 g/mol. The molecule has 0 saturated carbocycles. The number of anilines is 1. The van der Waals surface area contributed by atoms with Gasteiger partial charge in [0.2, 0.25) is 5.89 Å². The first-order chi connectivity index (χ1) is 13.1. The van der Waals surface area contributed by atoms with Crippen molar-refractivity contribution in [2.24, 2.45) is 0 Å². The Morgan fingerprint density at radius 3 is 2.59 bits per heavy atom. The fraction of sp³-hybridized carbons (Fsp3) is 0.0909. The highest BCUT2D eigenvalue weighted by Gasteiger charge is 2.14. The minimum absolute atomic E-state index is 0.177. The summed E-state index contributed by atoms with van der Waals surface area (Å²) < 4.78 is 5.80. The van der Waals surface area contributed by atoms with Gasteiger partial charge in [0.1, 0.15) is 5.52 Å². The molecule has 0 unspecified atom stereocenters. The third-order valence-electron chi connectivity index (χ3n) is 4.37. The molecule has 0 bridgehead atoms. The van der Waals surface area contributed by atoms with Crippen LogP contribution in [-0.2, 0) is 6.42 Å². The molecule has 0 spiro atoms. The molecule has 134 valence electrons. The third-order valence-corrected chi connectivity index (χ3v) is 4.70. The van der Waals surface area contributed by atoms with Crippen LogP contribution in [0.15, 0.2) is 71.1 Å². The van der Waals surface area contributed by atoms with Gasteiger partial charge in [0, 0.05) is 11.3 Å². The summed E-state index contributed by atoms with van der Waals surface area (Å²) in [6, 6.07) is 20.3. The summed E-state index contributed by atoms with van der Waals surface area (Å²) in [6.45, 7) is 2.08. The standard InChI is InChI=1S/C22H17ClN2O2/c1-2-14-7-9-15(10-8-14)21(26)24-16-11-12-18(23)17(13-16)22-25-19-5-3-4-6-20(19)27-22/h3-13H,2H2,1H3,(H,24,26). The zero-order chi connectivity index (χ0) is 18.8. The second kappa shape index (κ2) is 7.25. The molecule has 0 aliphatic rings. The van der Waals surface area contributed by atoms with Gasteiger partial charge in [-0.1, -0.05) is 42.8 Å². The largest absolute Gasteiger partial charge is 0.436 e. The van der Waals surface area contributed by atoms with Gasteiger partial charge in [-0.3, -0.25) is 4.79 Å². The Morgan fingerprint density at radius 2 is 1.85 bits per heavy atom. The SMILES string of the molecule is CCc1ccc(C(=O)Nc2ccc(Cl)c(-c3nc4ccccc4o3)c2)cc1. The lowest BCUT2D eigenvalue weighted by molar-refractivity contribution is 0.102. The molecule has 3 aromatic carbocycles. The number of aryl methyl sites for hydroxylation is 1. The lowest BCUT2D eigenvalue weighted by Crippen LogP contribution is -2.11. The number of carbonyl (C=O) groups excluding carboxylic acids is 1. The molecule has 0 radical (unpaired) electrons. The number of fused-ring (bicyclic) bond motifs is 1. The molecule has 0 aliphatic heterocycles. The van der Waals surface area contributed by atoms with Crippen LogP contribution < -0.4 is 5.32 Å². The van der Waals surface area contributed by atoms with Crippen molar-refractivity contribution in [1.29, 1.82) is 0 Å². The van der Waals surface area contributed by atoms with Crippen LogP contribution in [0, 0.1) is 0 Å². The van der Waals surface area contributed by atoms with E-state index in [-0.39, 0.29) is 5.91 Å². The van der Waals surface area contributed by atoms with Crippen molar-refractivity contribution in [3.05, 3.63) is 82.9 Å². The molecule has 5 heteroatoms. The summed E-state index contributed by atoms with van der Waals surface area (Å²) in [5.74, 6) is 0.244. The second-order valence-corrected chi connectivity index (χ2v) is 6.59. The van der Waals surface area contributed by atoms with Gasteiger partial charge in [0.25, 0.3) is 5.91 Å². The molecule has 1 amide bonds. The number of oxazole rings is 1. The van der Waals surface area contributed by atoms with Crippen LogP contribution in [0.5, 0.6) is 0 Å². The topological polar surface area (TPSA) is 55.1 Å². The predicted molar refractivity (Wildman–Crippen MR) is 108 cm³/mol. The summed E-state index contributed by atoms with van der Waals surface area (Å²) in [4.78, 5) is 17.0. The van der Waals surface area contributed by atoms with Crippen molar-refractivity contribution in [3.8, 4) is 11.5 Å². The fourth-order valence-electron chi connectivity index (χ4n) is 2.85. The van der Waals surface area contributed by atoms with Crippen LogP contribution in [0.1, 0.15) is 22.8 Å². The van der Waals surface area contributed by atoms with Gasteiger partial charge >= 0.3 is 0 Å². The Balaban J connectivity index is 1.62. The van der Waals surface area contributed by atoms with Crippen LogP contribution >= 0.6 is 11.6 Å². The number of carbonyl (C=O) groups is 1. The number of nitrogens with one attached hydrogen (secondary N) is 1. The van der Waals surface area contributed by atoms with Crippen LogP contribution in [0.4, 0.5) is 5.69 Å². The van der Waals surface area contributed by atoms with Gasteiger partial charge in [-0.15, -0.1) is 0 Å². The van der Waals surface area contributed by atoms with Crippen LogP contribution in [0.2, 0.25) is 5.02 Å². The van der Waals surface area contributed by atoms with Gasteiger partial charge in [-0.05, 0) is 54.4 Å². The van der Waals surface area contributed by atoms with Gasteiger partial charge in [-0.2, -0.15) is 0 Å². The maximum absolute atomic E-state index is 12.5. The average Bonchev–Trinajstić information content (AvgIpc) is 3.13. The normalized spacial score (nSPS) is 10.9. The van der Waals surface area contributed by atoms with Crippen molar-refractivity contribution >= 4 is 34.3 Å². The van der Waals surface area contributed by atoms with E-state index in [4.69, 9.17) is 16.0 Å². The van der Waals surface area contributed by atoms with Crippen molar-refractivity contribution < 1.29 is 9.21 Å². The highest BCUT2D eigenvalue weighted by atomic mass is 35.5. The fourth-order valence-corrected chi connectivity index (χ4v) is 3.05. The van der Waals surface area contributed by atoms with Crippen molar-refractivity contribution in [1.82, 2.24) is 4.98 Å². The van der Waals surface area contributed by atoms with Gasteiger partial charge in [0.15, 0.2) is 5.58 Å². The lowest BCUT2D eigenvalue weighted by atomic mass is 10.1. The van der Waals surface area contributed by atoms with E-state index >= 15 is 0 Å². The zero-order valence-corrected chi connectivity index (χ0v) is 15.5. The Morgan fingerprint density at radius 1 is 1.07 bits per heavy atom. The van der Waals surface area contributed by atoms with Gasteiger partial charge < -0.3 is 9.73 Å². The maximum atomic E-state index is 12.5. The molecular formula is C22H17ClN2O2. The maximum Gasteiger partial charge on any atom is 0.255 e. The summed E-state index contributed by atoms with van der Waals surface area (Å²) in [5, 5.41) is 3.41. The van der Waals surface area contributed by atoms with E-state index in [1.54, 1.807) is 18.2 Å². The Bertz CT molecular complexity index is 1080. The van der Waals surface area contributed by atoms with Gasteiger partial charge in [0.05, 0.1) is 10.6 Å². The smallest absolute Gasteiger partial charge is 0.255 e. The van der Waals surface area contributed by atoms with Crippen LogP contribution in [0.25, 0.3) is 22.6 Å². The molecule has 4 aromatic rings. The number of para-hydroxylation sites is 2. The first-order valence-corrected chi connectivity index (χ1v) is 9.07. The molecule has 1 heterocycles. The summed E-state index contributed by atoms with van der Waals surface area (Å²) in [6.07, 6.45) is 0.937. The van der Waals surface area contributed by atoms with Crippen LogP contribution in [-0.4, -0.2) is 10.9 Å². The van der Waals surface area contributed by atoms with E-state index in [0.717, 1.165) is 11.9 Å². The highest BCUT2D eigenvalue weighted by Crippen LogP contribution is 2.32. The monoisotopic (exact) mass is 376 g/mol. The molecule has 0 saturated heterocycles. The molecule has 4 rings (SSSR count). The van der Waals surface area contributed by atoms with Crippen molar-refractivity contribution in [2.45, 2.75) is 13.3 Å². The predicted octanol–water partition coefficient (Wildman–Crippen LogP) is 5.96. The molecule has 4 nitrogen and oxygen atoms in total. The lowest BCUT2D eigenvalue weighted by Gasteiger charge is -2.08. The first-order valence-electron chi connectivity index (χ1n) is 8.70. The number of amides is 1. The first kappa shape index (κ1) is 17.3. The van der Waals surface area contributed by atoms with Gasteiger partial charge in [-0.25, -0.2) is 4.98 Å². The average molecular weight is 377 g/mol. The highest BCUT2D eigenvalue weighted by molar-refractivity contribution is 6.33. The summed E-state index contributed by atoms with van der Waals surface area (Å²) >= 11 is 6.33. The Kier molecular flexibility index (Phi) is 4.65.